The quantitative estimate of drug-likeness (QED) is 0.804. The maximum atomic E-state index is 11.0. The Morgan fingerprint density at radius 3 is 2.69 bits per heavy atom. The minimum absolute atomic E-state index is 0.0156. The van der Waals surface area contributed by atoms with Crippen molar-refractivity contribution in [1.82, 2.24) is 0 Å². The molecule has 1 aromatic rings. The minimum Gasteiger partial charge on any atom is -0.506 e. The highest BCUT2D eigenvalue weighted by Gasteiger charge is 2.13. The molecule has 0 spiro atoms. The molecular weight excluding hydrogens is 259 g/mol. The third-order valence-corrected chi connectivity index (χ3v) is 2.29. The van der Waals surface area contributed by atoms with Crippen molar-refractivity contribution in [2.45, 2.75) is 0 Å². The molecule has 13 heavy (non-hydrogen) atoms. The maximum absolute atomic E-state index is 11.0. The van der Waals surface area contributed by atoms with Gasteiger partial charge in [-0.25, -0.2) is 0 Å². The molecule has 70 valence electrons. The van der Waals surface area contributed by atoms with Crippen molar-refractivity contribution in [1.29, 1.82) is 0 Å². The third kappa shape index (κ3) is 2.21. The van der Waals surface area contributed by atoms with Gasteiger partial charge in [0.25, 0.3) is 0 Å². The molecule has 0 amide bonds. The Kier molecular flexibility index (Phi) is 3.30. The van der Waals surface area contributed by atoms with Crippen LogP contribution in [0.1, 0.15) is 10.4 Å². The van der Waals surface area contributed by atoms with Crippen LogP contribution >= 0.6 is 27.5 Å². The number of hydrogen-bond acceptors (Lipinski definition) is 3. The SMILES string of the molecule is O=C(CO)c1cc(Cl)cc(Br)c1O. The van der Waals surface area contributed by atoms with Gasteiger partial charge in [-0.15, -0.1) is 0 Å². The summed E-state index contributed by atoms with van der Waals surface area (Å²) < 4.78 is 0.330. The molecule has 0 bridgehead atoms. The standard InChI is InChI=1S/C8H6BrClO3/c9-6-2-4(10)1-5(8(6)13)7(12)3-11/h1-2,11,13H,3H2. The molecule has 0 fully saturated rings. The van der Waals surface area contributed by atoms with E-state index in [-0.39, 0.29) is 11.3 Å². The van der Waals surface area contributed by atoms with Crippen LogP contribution in [0.2, 0.25) is 5.02 Å². The highest BCUT2D eigenvalue weighted by atomic mass is 79.9. The average molecular weight is 265 g/mol. The van der Waals surface area contributed by atoms with E-state index in [1.165, 1.54) is 12.1 Å². The number of aromatic hydroxyl groups is 1. The van der Waals surface area contributed by atoms with Crippen LogP contribution < -0.4 is 0 Å². The molecule has 0 aromatic heterocycles. The zero-order valence-corrected chi connectivity index (χ0v) is 8.76. The van der Waals surface area contributed by atoms with Gasteiger partial charge in [-0.1, -0.05) is 11.6 Å². The van der Waals surface area contributed by atoms with Gasteiger partial charge < -0.3 is 10.2 Å². The molecule has 3 nitrogen and oxygen atoms in total. The topological polar surface area (TPSA) is 57.5 Å². The minimum atomic E-state index is -0.652. The lowest BCUT2D eigenvalue weighted by molar-refractivity contribution is 0.0901. The number of phenolic OH excluding ortho intramolecular Hbond substituents is 1. The van der Waals surface area contributed by atoms with Crippen LogP contribution in [0.5, 0.6) is 5.75 Å². The predicted octanol–water partition coefficient (Wildman–Crippen LogP) is 1.98. The zero-order chi connectivity index (χ0) is 10.0. The molecule has 5 heteroatoms. The fraction of sp³-hybridized carbons (Fsp3) is 0.125. The molecule has 1 rings (SSSR count). The van der Waals surface area contributed by atoms with Gasteiger partial charge in [0.15, 0.2) is 5.78 Å². The van der Waals surface area contributed by atoms with Crippen LogP contribution in [-0.4, -0.2) is 22.6 Å². The molecule has 0 radical (unpaired) electrons. The van der Waals surface area contributed by atoms with Gasteiger partial charge in [0.05, 0.1) is 10.0 Å². The highest BCUT2D eigenvalue weighted by Crippen LogP contribution is 2.31. The lowest BCUT2D eigenvalue weighted by atomic mass is 10.1. The fourth-order valence-electron chi connectivity index (χ4n) is 0.864. The molecule has 0 saturated carbocycles. The van der Waals surface area contributed by atoms with Crippen LogP contribution in [0.15, 0.2) is 16.6 Å². The summed E-state index contributed by atoms with van der Waals surface area (Å²) in [4.78, 5) is 11.0. The Hall–Kier alpha value is -0.580. The van der Waals surface area contributed by atoms with E-state index in [1.54, 1.807) is 0 Å². The first-order chi connectivity index (χ1) is 6.06. The summed E-state index contributed by atoms with van der Waals surface area (Å²) in [5.74, 6) is -0.774. The second-order valence-electron chi connectivity index (χ2n) is 2.37. The van der Waals surface area contributed by atoms with Gasteiger partial charge in [0, 0.05) is 5.02 Å². The van der Waals surface area contributed by atoms with E-state index >= 15 is 0 Å². The molecule has 1 aromatic carbocycles. The summed E-state index contributed by atoms with van der Waals surface area (Å²) in [6.07, 6.45) is 0. The van der Waals surface area contributed by atoms with Crippen LogP contribution in [0.25, 0.3) is 0 Å². The Morgan fingerprint density at radius 2 is 2.15 bits per heavy atom. The summed E-state index contributed by atoms with van der Waals surface area (Å²) in [7, 11) is 0. The summed E-state index contributed by atoms with van der Waals surface area (Å²) in [5, 5.41) is 18.3. The first kappa shape index (κ1) is 10.5. The summed E-state index contributed by atoms with van der Waals surface area (Å²) in [5.41, 5.74) is 0.0156. The molecule has 0 aliphatic rings. The van der Waals surface area contributed by atoms with Crippen LogP contribution in [0, 0.1) is 0 Å². The molecular formula is C8H6BrClO3. The molecule has 0 aliphatic heterocycles. The number of ketones is 1. The molecule has 0 unspecified atom stereocenters. The number of aliphatic hydroxyl groups excluding tert-OH is 1. The Bertz CT molecular complexity index is 351. The van der Waals surface area contributed by atoms with Crippen molar-refractivity contribution in [3.63, 3.8) is 0 Å². The average Bonchev–Trinajstić information content (AvgIpc) is 2.10. The molecule has 2 N–H and O–H groups in total. The van der Waals surface area contributed by atoms with Crippen molar-refractivity contribution in [3.05, 3.63) is 27.2 Å². The molecule has 0 aliphatic carbocycles. The van der Waals surface area contributed by atoms with E-state index in [4.69, 9.17) is 16.7 Å². The van der Waals surface area contributed by atoms with E-state index in [9.17, 15) is 9.90 Å². The maximum Gasteiger partial charge on any atom is 0.191 e. The largest absolute Gasteiger partial charge is 0.506 e. The predicted molar refractivity (Wildman–Crippen MR) is 52.2 cm³/mol. The number of phenols is 1. The van der Waals surface area contributed by atoms with Gasteiger partial charge in [-0.2, -0.15) is 0 Å². The second-order valence-corrected chi connectivity index (χ2v) is 3.66. The number of carbonyl (C=O) groups is 1. The van der Waals surface area contributed by atoms with Gasteiger partial charge in [-0.05, 0) is 28.1 Å². The monoisotopic (exact) mass is 264 g/mol. The van der Waals surface area contributed by atoms with Gasteiger partial charge >= 0.3 is 0 Å². The van der Waals surface area contributed by atoms with Crippen molar-refractivity contribution >= 4 is 33.3 Å². The van der Waals surface area contributed by atoms with Crippen LogP contribution in [0.3, 0.4) is 0 Å². The van der Waals surface area contributed by atoms with E-state index in [0.717, 1.165) is 0 Å². The van der Waals surface area contributed by atoms with Crippen molar-refractivity contribution in [3.8, 4) is 5.75 Å². The summed E-state index contributed by atoms with van der Waals surface area (Å²) >= 11 is 8.67. The van der Waals surface area contributed by atoms with Crippen LogP contribution in [-0.2, 0) is 0 Å². The second kappa shape index (κ2) is 4.09. The van der Waals surface area contributed by atoms with Crippen molar-refractivity contribution < 1.29 is 15.0 Å². The van der Waals surface area contributed by atoms with Gasteiger partial charge in [0.2, 0.25) is 0 Å². The molecule has 0 saturated heterocycles. The molecule has 0 heterocycles. The highest BCUT2D eigenvalue weighted by molar-refractivity contribution is 9.10. The number of rotatable bonds is 2. The lowest BCUT2D eigenvalue weighted by Crippen LogP contribution is -2.04. The Morgan fingerprint density at radius 1 is 1.54 bits per heavy atom. The molecule has 0 atom stereocenters. The normalized spacial score (nSPS) is 10.1. The van der Waals surface area contributed by atoms with E-state index < -0.39 is 12.4 Å². The third-order valence-electron chi connectivity index (χ3n) is 1.47. The fourth-order valence-corrected chi connectivity index (χ4v) is 1.67. The summed E-state index contributed by atoms with van der Waals surface area (Å²) in [6, 6.07) is 2.77. The summed E-state index contributed by atoms with van der Waals surface area (Å²) in [6.45, 7) is -0.652. The van der Waals surface area contributed by atoms with E-state index in [1.807, 2.05) is 0 Å². The lowest BCUT2D eigenvalue weighted by Gasteiger charge is -2.04. The Balaban J connectivity index is 3.28. The van der Waals surface area contributed by atoms with Crippen LogP contribution in [0.4, 0.5) is 0 Å². The number of hydrogen-bond donors (Lipinski definition) is 2. The number of carbonyl (C=O) groups excluding carboxylic acids is 1. The van der Waals surface area contributed by atoms with E-state index in [2.05, 4.69) is 15.9 Å². The van der Waals surface area contributed by atoms with Crippen molar-refractivity contribution in [2.75, 3.05) is 6.61 Å². The number of Topliss-reactive ketones (excluding diaryl/α,β-unsaturated/α-hetero) is 1. The zero-order valence-electron chi connectivity index (χ0n) is 6.42. The van der Waals surface area contributed by atoms with Gasteiger partial charge in [0.1, 0.15) is 12.4 Å². The first-order valence-corrected chi connectivity index (χ1v) is 4.55. The number of halogens is 2. The smallest absolute Gasteiger partial charge is 0.191 e. The number of benzene rings is 1. The van der Waals surface area contributed by atoms with E-state index in [0.29, 0.717) is 9.50 Å². The van der Waals surface area contributed by atoms with Crippen molar-refractivity contribution in [2.24, 2.45) is 0 Å². The first-order valence-electron chi connectivity index (χ1n) is 3.38. The van der Waals surface area contributed by atoms with Gasteiger partial charge in [-0.3, -0.25) is 4.79 Å². The Labute approximate surface area is 88.1 Å². The number of aliphatic hydroxyl groups is 1.